The number of ketones is 1. The molecule has 0 bridgehead atoms. The number of nitro benzene ring substituents is 1. The van der Waals surface area contributed by atoms with E-state index in [1.807, 2.05) is 43.3 Å². The number of carbonyl (C=O) groups excluding carboxylic acids is 1. The molecule has 2 N–H and O–H groups in total. The second-order valence-corrected chi connectivity index (χ2v) is 11.0. The van der Waals surface area contributed by atoms with Gasteiger partial charge in [-0.05, 0) is 48.7 Å². The van der Waals surface area contributed by atoms with Gasteiger partial charge in [-0.3, -0.25) is 14.9 Å². The van der Waals surface area contributed by atoms with Crippen molar-refractivity contribution in [1.29, 1.82) is 0 Å². The second-order valence-electron chi connectivity index (χ2n) is 11.0. The average Bonchev–Trinajstić information content (AvgIpc) is 3.07. The number of para-hydroxylation sites is 2. The lowest BCUT2D eigenvalue weighted by atomic mass is 9.87. The van der Waals surface area contributed by atoms with E-state index in [4.69, 9.17) is 8.83 Å². The average molecular weight is 634 g/mol. The van der Waals surface area contributed by atoms with Crippen LogP contribution in [0.1, 0.15) is 60.8 Å². The fourth-order valence-electron chi connectivity index (χ4n) is 5.70. The van der Waals surface area contributed by atoms with Crippen LogP contribution in [0.5, 0.6) is 11.5 Å². The normalized spacial score (nSPS) is 12.2. The molecule has 10 heteroatoms. The summed E-state index contributed by atoms with van der Waals surface area (Å²) in [6, 6.07) is 28.8. The van der Waals surface area contributed by atoms with E-state index in [0.29, 0.717) is 33.9 Å². The maximum absolute atomic E-state index is 12.5. The number of carbonyl (C=O) groups is 1. The summed E-state index contributed by atoms with van der Waals surface area (Å²) < 4.78 is 10.6. The van der Waals surface area contributed by atoms with Gasteiger partial charge in [0.05, 0.1) is 26.8 Å². The summed E-state index contributed by atoms with van der Waals surface area (Å²) in [5, 5.41) is 32.9. The Bertz CT molecular complexity index is 2190. The van der Waals surface area contributed by atoms with Crippen molar-refractivity contribution >= 4 is 33.4 Å². The summed E-state index contributed by atoms with van der Waals surface area (Å²) >= 11 is 0. The first kappa shape index (κ1) is 32.4. The van der Waals surface area contributed by atoms with Gasteiger partial charge in [0.2, 0.25) is 0 Å². The summed E-state index contributed by atoms with van der Waals surface area (Å²) in [6.45, 7) is 3.36. The molecule has 2 aromatic heterocycles. The molecule has 0 spiro atoms. The molecule has 2 atom stereocenters. The zero-order valence-corrected chi connectivity index (χ0v) is 25.6. The van der Waals surface area contributed by atoms with E-state index in [1.165, 1.54) is 31.2 Å². The Morgan fingerprint density at radius 2 is 1.15 bits per heavy atom. The number of non-ortho nitro benzene ring substituents is 1. The molecule has 10 nitrogen and oxygen atoms in total. The van der Waals surface area contributed by atoms with Gasteiger partial charge in [-0.15, -0.1) is 0 Å². The molecule has 0 fully saturated rings. The highest BCUT2D eigenvalue weighted by molar-refractivity contribution is 5.85. The summed E-state index contributed by atoms with van der Waals surface area (Å²) in [5.41, 5.74) is 1.13. The van der Waals surface area contributed by atoms with Crippen LogP contribution >= 0.6 is 0 Å². The smallest absolute Gasteiger partial charge is 0.343 e. The molecule has 2 unspecified atom stereocenters. The van der Waals surface area contributed by atoms with Gasteiger partial charge in [0, 0.05) is 30.4 Å². The van der Waals surface area contributed by atoms with Crippen molar-refractivity contribution < 1.29 is 28.8 Å². The van der Waals surface area contributed by atoms with Gasteiger partial charge < -0.3 is 19.0 Å². The lowest BCUT2D eigenvalue weighted by Gasteiger charge is -2.17. The fraction of sp³-hybridized carbons (Fsp3) is 0.162. The minimum Gasteiger partial charge on any atom is -0.507 e. The van der Waals surface area contributed by atoms with E-state index in [9.17, 15) is 34.7 Å². The number of hydrogen-bond acceptors (Lipinski definition) is 9. The fourth-order valence-corrected chi connectivity index (χ4v) is 5.70. The molecule has 0 radical (unpaired) electrons. The molecule has 0 saturated carbocycles. The van der Waals surface area contributed by atoms with E-state index in [1.54, 1.807) is 42.5 Å². The van der Waals surface area contributed by atoms with Gasteiger partial charge in [0.15, 0.2) is 0 Å². The number of aromatic hydroxyl groups is 2. The SMILES string of the molecule is CC(=O)CC(c1ccc([N+](=O)[O-])cc1)c1c(O)c2ccccc2oc1=O.CCC(c1ccccc1)c1c(O)c2ccccc2oc1=O. The van der Waals surface area contributed by atoms with Crippen molar-refractivity contribution in [3.05, 3.63) is 156 Å². The van der Waals surface area contributed by atoms with Crippen LogP contribution < -0.4 is 11.3 Å². The molecule has 0 aliphatic carbocycles. The van der Waals surface area contributed by atoms with Crippen molar-refractivity contribution in [3.63, 3.8) is 0 Å². The Hall–Kier alpha value is -6.03. The quantitative estimate of drug-likeness (QED) is 0.0979. The van der Waals surface area contributed by atoms with Crippen LogP contribution in [0.25, 0.3) is 21.9 Å². The van der Waals surface area contributed by atoms with Crippen molar-refractivity contribution in [1.82, 2.24) is 0 Å². The second kappa shape index (κ2) is 13.9. The molecule has 4 aromatic carbocycles. The molecule has 0 amide bonds. The van der Waals surface area contributed by atoms with Crippen LogP contribution in [0, 0.1) is 10.1 Å². The third kappa shape index (κ3) is 6.81. The highest BCUT2D eigenvalue weighted by Gasteiger charge is 2.27. The van der Waals surface area contributed by atoms with E-state index >= 15 is 0 Å². The summed E-state index contributed by atoms with van der Waals surface area (Å²) in [6.07, 6.45) is 0.662. The summed E-state index contributed by atoms with van der Waals surface area (Å²) in [7, 11) is 0. The van der Waals surface area contributed by atoms with E-state index in [2.05, 4.69) is 0 Å². The third-order valence-electron chi connectivity index (χ3n) is 7.94. The third-order valence-corrected chi connectivity index (χ3v) is 7.94. The maximum Gasteiger partial charge on any atom is 0.343 e. The zero-order chi connectivity index (χ0) is 33.7. The van der Waals surface area contributed by atoms with Gasteiger partial charge in [0.25, 0.3) is 5.69 Å². The lowest BCUT2D eigenvalue weighted by molar-refractivity contribution is -0.384. The van der Waals surface area contributed by atoms with Crippen molar-refractivity contribution in [3.8, 4) is 11.5 Å². The monoisotopic (exact) mass is 633 g/mol. The number of fused-ring (bicyclic) bond motifs is 2. The van der Waals surface area contributed by atoms with Gasteiger partial charge in [-0.25, -0.2) is 9.59 Å². The van der Waals surface area contributed by atoms with Gasteiger partial charge >= 0.3 is 11.3 Å². The number of rotatable bonds is 8. The van der Waals surface area contributed by atoms with Crippen LogP contribution in [0.4, 0.5) is 5.69 Å². The standard InChI is InChI=1S/C19H15NO6.C18H16O3/c1-11(21)10-15(12-6-8-13(9-7-12)20(24)25)17-18(22)14-4-2-3-5-16(14)26-19(17)23;1-2-13(12-8-4-3-5-9-12)16-17(19)14-10-6-7-11-15(14)21-18(16)20/h2-9,15,22H,10H2,1H3;3-11,13,19H,2H2,1H3. The predicted octanol–water partition coefficient (Wildman–Crippen LogP) is 7.56. The first-order valence-electron chi connectivity index (χ1n) is 14.9. The Kier molecular flexibility index (Phi) is 9.60. The summed E-state index contributed by atoms with van der Waals surface area (Å²) in [5.74, 6) is -1.36. The maximum atomic E-state index is 12.5. The molecule has 0 saturated heterocycles. The number of Topliss-reactive ketones (excluding diaryl/α,β-unsaturated/α-hetero) is 1. The van der Waals surface area contributed by atoms with Crippen LogP contribution in [0.3, 0.4) is 0 Å². The van der Waals surface area contributed by atoms with E-state index in [-0.39, 0.29) is 46.5 Å². The predicted molar refractivity (Wildman–Crippen MR) is 177 cm³/mol. The lowest BCUT2D eigenvalue weighted by Crippen LogP contribution is -2.16. The first-order valence-corrected chi connectivity index (χ1v) is 14.9. The molecule has 6 aromatic rings. The number of nitro groups is 1. The van der Waals surface area contributed by atoms with Gasteiger partial charge in [-0.2, -0.15) is 0 Å². The van der Waals surface area contributed by atoms with Crippen LogP contribution in [0.15, 0.2) is 122 Å². The topological polar surface area (TPSA) is 161 Å². The zero-order valence-electron chi connectivity index (χ0n) is 25.6. The molecule has 6 rings (SSSR count). The molecule has 2 heterocycles. The molecule has 0 aliphatic rings. The van der Waals surface area contributed by atoms with Gasteiger partial charge in [0.1, 0.15) is 28.4 Å². The van der Waals surface area contributed by atoms with Crippen LogP contribution in [0.2, 0.25) is 0 Å². The van der Waals surface area contributed by atoms with Crippen molar-refractivity contribution in [2.24, 2.45) is 0 Å². The Labute approximate surface area is 268 Å². The minimum atomic E-state index is -0.769. The molecular formula is C37H31NO9. The Morgan fingerprint density at radius 3 is 1.62 bits per heavy atom. The van der Waals surface area contributed by atoms with Crippen molar-refractivity contribution in [2.45, 2.75) is 38.5 Å². The van der Waals surface area contributed by atoms with E-state index in [0.717, 1.165) is 5.56 Å². The highest BCUT2D eigenvalue weighted by atomic mass is 16.6. The molecule has 238 valence electrons. The number of benzene rings is 4. The number of nitrogens with zero attached hydrogens (tertiary/aromatic N) is 1. The highest BCUT2D eigenvalue weighted by Crippen LogP contribution is 2.37. The Morgan fingerprint density at radius 1 is 0.702 bits per heavy atom. The molecular weight excluding hydrogens is 602 g/mol. The molecule has 0 aliphatic heterocycles. The number of hydrogen-bond donors (Lipinski definition) is 2. The first-order chi connectivity index (χ1) is 22.6. The largest absolute Gasteiger partial charge is 0.507 e. The summed E-state index contributed by atoms with van der Waals surface area (Å²) in [4.78, 5) is 46.8. The van der Waals surface area contributed by atoms with Crippen LogP contribution in [-0.4, -0.2) is 20.9 Å². The molecule has 47 heavy (non-hydrogen) atoms. The van der Waals surface area contributed by atoms with Crippen molar-refractivity contribution in [2.75, 3.05) is 0 Å². The van der Waals surface area contributed by atoms with Gasteiger partial charge in [-0.1, -0.05) is 73.7 Å². The Balaban J connectivity index is 0.000000189. The minimum absolute atomic E-state index is 0.0255. The van der Waals surface area contributed by atoms with Crippen LogP contribution in [-0.2, 0) is 4.79 Å². The van der Waals surface area contributed by atoms with E-state index < -0.39 is 22.1 Å².